The van der Waals surface area contributed by atoms with Crippen molar-refractivity contribution in [2.24, 2.45) is 0 Å². The van der Waals surface area contributed by atoms with Crippen LogP contribution in [0.15, 0.2) is 61.2 Å². The summed E-state index contributed by atoms with van der Waals surface area (Å²) in [5.74, 6) is 1.60. The molecule has 3 aromatic rings. The largest absolute Gasteiger partial charge is 0.491 e. The molecule has 1 aromatic heterocycles. The van der Waals surface area contributed by atoms with Gasteiger partial charge in [0.25, 0.3) is 0 Å². The molecule has 1 heterocycles. The highest BCUT2D eigenvalue weighted by atomic mass is 35.5. The smallest absolute Gasteiger partial charge is 0.122 e. The molecule has 2 aromatic carbocycles. The number of aromatic nitrogens is 2. The number of imidazole rings is 1. The van der Waals surface area contributed by atoms with Gasteiger partial charge in [0.15, 0.2) is 0 Å². The summed E-state index contributed by atoms with van der Waals surface area (Å²) in [6.07, 6.45) is 3.87. The second-order valence-electron chi connectivity index (χ2n) is 8.47. The highest BCUT2D eigenvalue weighted by Crippen LogP contribution is 2.34. The summed E-state index contributed by atoms with van der Waals surface area (Å²) in [4.78, 5) is 3.97. The van der Waals surface area contributed by atoms with Crippen molar-refractivity contribution in [1.29, 1.82) is 0 Å². The molecule has 0 saturated heterocycles. The number of nitrogens with zero attached hydrogens (tertiary/aromatic N) is 2. The summed E-state index contributed by atoms with van der Waals surface area (Å²) in [7, 11) is 0. The molecule has 0 fully saturated rings. The Morgan fingerprint density at radius 3 is 2.31 bits per heavy atom. The molecular formula is C25H31ClN2O4. The Morgan fingerprint density at radius 2 is 1.69 bits per heavy atom. The van der Waals surface area contributed by atoms with Gasteiger partial charge in [-0.15, -0.1) is 11.6 Å². The fraction of sp³-hybridized carbons (Fsp3) is 0.400. The van der Waals surface area contributed by atoms with Crippen LogP contribution < -0.4 is 9.47 Å². The minimum atomic E-state index is -0.681. The van der Waals surface area contributed by atoms with Crippen LogP contribution in [0.25, 0.3) is 0 Å². The molecule has 0 saturated carbocycles. The van der Waals surface area contributed by atoms with E-state index in [-0.39, 0.29) is 24.5 Å². The number of hydrogen-bond acceptors (Lipinski definition) is 5. The lowest BCUT2D eigenvalue weighted by Gasteiger charge is -2.27. The molecule has 32 heavy (non-hydrogen) atoms. The highest BCUT2D eigenvalue weighted by Gasteiger charge is 2.24. The number of alkyl halides is 1. The molecule has 7 heteroatoms. The third-order valence-electron chi connectivity index (χ3n) is 5.51. The molecule has 6 nitrogen and oxygen atoms in total. The number of rotatable bonds is 11. The van der Waals surface area contributed by atoms with Crippen LogP contribution in [0.2, 0.25) is 0 Å². The summed E-state index contributed by atoms with van der Waals surface area (Å²) < 4.78 is 13.2. The van der Waals surface area contributed by atoms with Gasteiger partial charge in [-0.25, -0.2) is 4.98 Å². The van der Waals surface area contributed by atoms with Crippen LogP contribution in [0.4, 0.5) is 0 Å². The third kappa shape index (κ3) is 6.25. The van der Waals surface area contributed by atoms with Gasteiger partial charge in [0.05, 0.1) is 18.8 Å². The van der Waals surface area contributed by atoms with E-state index in [4.69, 9.17) is 21.1 Å². The van der Waals surface area contributed by atoms with E-state index in [0.717, 1.165) is 22.4 Å². The summed E-state index contributed by atoms with van der Waals surface area (Å²) in [6.45, 7) is 7.16. The fourth-order valence-corrected chi connectivity index (χ4v) is 3.54. The van der Waals surface area contributed by atoms with Crippen molar-refractivity contribution in [3.05, 3.63) is 77.9 Å². The van der Waals surface area contributed by atoms with Gasteiger partial charge >= 0.3 is 0 Å². The maximum absolute atomic E-state index is 10.1. The summed E-state index contributed by atoms with van der Waals surface area (Å²) >= 11 is 5.63. The molecule has 2 atom stereocenters. The molecule has 2 N–H and O–H groups in total. The molecule has 0 amide bonds. The monoisotopic (exact) mass is 458 g/mol. The predicted molar refractivity (Wildman–Crippen MR) is 126 cm³/mol. The second-order valence-corrected chi connectivity index (χ2v) is 8.78. The van der Waals surface area contributed by atoms with E-state index >= 15 is 0 Å². The molecule has 0 spiro atoms. The van der Waals surface area contributed by atoms with Crippen LogP contribution in [-0.2, 0) is 12.0 Å². The Morgan fingerprint density at radius 1 is 1.00 bits per heavy atom. The van der Waals surface area contributed by atoms with Crippen molar-refractivity contribution in [2.75, 3.05) is 19.1 Å². The van der Waals surface area contributed by atoms with Crippen molar-refractivity contribution < 1.29 is 19.7 Å². The fourth-order valence-electron chi connectivity index (χ4n) is 3.45. The van der Waals surface area contributed by atoms with Gasteiger partial charge in [0.1, 0.15) is 36.9 Å². The molecule has 0 aliphatic heterocycles. The Kier molecular flexibility index (Phi) is 8.18. The zero-order chi connectivity index (χ0) is 23.1. The van der Waals surface area contributed by atoms with E-state index < -0.39 is 12.2 Å². The Balaban J connectivity index is 1.62. The van der Waals surface area contributed by atoms with Gasteiger partial charge in [-0.3, -0.25) is 0 Å². The topological polar surface area (TPSA) is 76.7 Å². The van der Waals surface area contributed by atoms with Crippen LogP contribution in [0.5, 0.6) is 11.5 Å². The van der Waals surface area contributed by atoms with Crippen molar-refractivity contribution in [1.82, 2.24) is 9.55 Å². The molecular weight excluding hydrogens is 428 g/mol. The number of aryl methyl sites for hydroxylation is 1. The first-order valence-electron chi connectivity index (χ1n) is 10.6. The van der Waals surface area contributed by atoms with Crippen molar-refractivity contribution in [2.45, 2.75) is 44.9 Å². The Hall–Kier alpha value is -2.54. The number of aliphatic hydroxyl groups excluding tert-OH is 2. The maximum atomic E-state index is 10.1. The van der Waals surface area contributed by atoms with Crippen LogP contribution >= 0.6 is 11.6 Å². The lowest BCUT2D eigenvalue weighted by molar-refractivity contribution is 0.0924. The van der Waals surface area contributed by atoms with Gasteiger partial charge in [0, 0.05) is 17.8 Å². The minimum Gasteiger partial charge on any atom is -0.491 e. The number of ether oxygens (including phenoxy) is 2. The standard InChI is InChI=1S/C25H31ClN2O4/c1-18-12-20(6-9-24(18)32-15-21(29)13-26)25(2,3)19-4-7-23(8-5-19)31-16-22(30)14-28-11-10-27-17-28/h4-12,17,21-22,29-30H,13-16H2,1-3H3/t21-,22-/m1/s1. The average Bonchev–Trinajstić information content (AvgIpc) is 3.29. The first-order valence-corrected chi connectivity index (χ1v) is 11.2. The molecule has 0 aliphatic rings. The van der Waals surface area contributed by atoms with Crippen molar-refractivity contribution >= 4 is 11.6 Å². The summed E-state index contributed by atoms with van der Waals surface area (Å²) in [6, 6.07) is 14.1. The van der Waals surface area contributed by atoms with Gasteiger partial charge < -0.3 is 24.3 Å². The molecule has 0 unspecified atom stereocenters. The third-order valence-corrected chi connectivity index (χ3v) is 5.86. The lowest BCUT2D eigenvalue weighted by atomic mass is 9.77. The second kappa shape index (κ2) is 10.9. The molecule has 0 radical (unpaired) electrons. The van der Waals surface area contributed by atoms with E-state index in [0.29, 0.717) is 12.3 Å². The number of hydrogen-bond donors (Lipinski definition) is 2. The van der Waals surface area contributed by atoms with Gasteiger partial charge in [-0.2, -0.15) is 0 Å². The first kappa shape index (κ1) is 24.1. The Labute approximate surface area is 194 Å². The van der Waals surface area contributed by atoms with E-state index in [1.54, 1.807) is 12.5 Å². The van der Waals surface area contributed by atoms with E-state index in [2.05, 4.69) is 24.9 Å². The summed E-state index contributed by atoms with van der Waals surface area (Å²) in [5.41, 5.74) is 3.08. The van der Waals surface area contributed by atoms with Gasteiger partial charge in [0.2, 0.25) is 0 Å². The van der Waals surface area contributed by atoms with Crippen molar-refractivity contribution in [3.8, 4) is 11.5 Å². The Bertz CT molecular complexity index is 974. The molecule has 0 bridgehead atoms. The quantitative estimate of drug-likeness (QED) is 0.426. The predicted octanol–water partition coefficient (Wildman–Crippen LogP) is 3.94. The summed E-state index contributed by atoms with van der Waals surface area (Å²) in [5, 5.41) is 19.7. The lowest BCUT2D eigenvalue weighted by Crippen LogP contribution is -2.23. The normalized spacial score (nSPS) is 13.6. The zero-order valence-electron chi connectivity index (χ0n) is 18.7. The number of aliphatic hydroxyl groups is 2. The van der Waals surface area contributed by atoms with E-state index in [1.165, 1.54) is 0 Å². The minimum absolute atomic E-state index is 0.146. The molecule has 3 rings (SSSR count). The van der Waals surface area contributed by atoms with E-state index in [9.17, 15) is 10.2 Å². The maximum Gasteiger partial charge on any atom is 0.122 e. The van der Waals surface area contributed by atoms with Crippen molar-refractivity contribution in [3.63, 3.8) is 0 Å². The van der Waals surface area contributed by atoms with Crippen LogP contribution in [0, 0.1) is 6.92 Å². The number of benzene rings is 2. The molecule has 0 aliphatic carbocycles. The van der Waals surface area contributed by atoms with Crippen LogP contribution in [0.3, 0.4) is 0 Å². The van der Waals surface area contributed by atoms with E-state index in [1.807, 2.05) is 54.1 Å². The van der Waals surface area contributed by atoms with Crippen LogP contribution in [0.1, 0.15) is 30.5 Å². The average molecular weight is 459 g/mol. The first-order chi connectivity index (χ1) is 15.3. The highest BCUT2D eigenvalue weighted by molar-refractivity contribution is 6.18. The molecule has 172 valence electrons. The van der Waals surface area contributed by atoms with Gasteiger partial charge in [-0.05, 0) is 41.8 Å². The SMILES string of the molecule is Cc1cc(C(C)(C)c2ccc(OC[C@H](O)Cn3ccnc3)cc2)ccc1OC[C@H](O)CCl. The zero-order valence-corrected chi connectivity index (χ0v) is 19.5. The number of halogens is 1. The van der Waals surface area contributed by atoms with Crippen LogP contribution in [-0.4, -0.2) is 51.1 Å². The van der Waals surface area contributed by atoms with Gasteiger partial charge in [-0.1, -0.05) is 38.1 Å².